The van der Waals surface area contributed by atoms with Gasteiger partial charge in [-0.1, -0.05) is 221 Å². The molecule has 0 aliphatic rings. The van der Waals surface area contributed by atoms with E-state index in [1.807, 2.05) is 0 Å². The van der Waals surface area contributed by atoms with Crippen molar-refractivity contribution in [1.82, 2.24) is 0 Å². The Kier molecular flexibility index (Phi) is 49.4. The average molecular weight is 891 g/mol. The van der Waals surface area contributed by atoms with Crippen LogP contribution in [0.3, 0.4) is 0 Å². The first kappa shape index (κ1) is 60.6. The van der Waals surface area contributed by atoms with Gasteiger partial charge >= 0.3 is 17.9 Å². The Morgan fingerprint density at radius 2 is 0.625 bits per heavy atom. The molecule has 0 radical (unpaired) electrons. The van der Waals surface area contributed by atoms with Crippen LogP contribution in [-0.2, 0) is 28.6 Å². The van der Waals surface area contributed by atoms with Gasteiger partial charge in [0, 0.05) is 19.3 Å². The van der Waals surface area contributed by atoms with Crippen LogP contribution < -0.4 is 0 Å². The molecule has 0 bridgehead atoms. The first-order chi connectivity index (χ1) is 31.5. The maximum Gasteiger partial charge on any atom is 0.306 e. The number of carbonyl (C=O) groups is 3. The summed E-state index contributed by atoms with van der Waals surface area (Å²) in [6.07, 6.45) is 67.1. The van der Waals surface area contributed by atoms with Crippen LogP contribution in [0.15, 0.2) is 85.1 Å². The molecule has 0 saturated heterocycles. The van der Waals surface area contributed by atoms with Crippen LogP contribution >= 0.6 is 0 Å². The van der Waals surface area contributed by atoms with E-state index < -0.39 is 6.10 Å². The lowest BCUT2D eigenvalue weighted by Gasteiger charge is -2.18. The van der Waals surface area contributed by atoms with Crippen LogP contribution in [-0.4, -0.2) is 37.2 Å². The fourth-order valence-electron chi connectivity index (χ4n) is 7.15. The van der Waals surface area contributed by atoms with Crippen LogP contribution in [0.1, 0.15) is 245 Å². The summed E-state index contributed by atoms with van der Waals surface area (Å²) in [6, 6.07) is 0. The summed E-state index contributed by atoms with van der Waals surface area (Å²) < 4.78 is 16.8. The molecule has 0 N–H and O–H groups in total. The third kappa shape index (κ3) is 49.6. The Balaban J connectivity index is 4.48. The van der Waals surface area contributed by atoms with Gasteiger partial charge in [-0.2, -0.15) is 0 Å². The number of ether oxygens (including phenoxy) is 3. The van der Waals surface area contributed by atoms with Gasteiger partial charge < -0.3 is 14.2 Å². The summed E-state index contributed by atoms with van der Waals surface area (Å²) in [7, 11) is 0. The lowest BCUT2D eigenvalue weighted by Crippen LogP contribution is -2.30. The zero-order chi connectivity index (χ0) is 46.5. The summed E-state index contributed by atoms with van der Waals surface area (Å²) in [5, 5.41) is 0. The van der Waals surface area contributed by atoms with E-state index >= 15 is 0 Å². The highest BCUT2D eigenvalue weighted by molar-refractivity contribution is 5.71. The maximum atomic E-state index is 12.8. The number of esters is 3. The van der Waals surface area contributed by atoms with E-state index in [0.29, 0.717) is 19.3 Å². The molecular formula is C58H98O6. The average Bonchev–Trinajstić information content (AvgIpc) is 3.29. The van der Waals surface area contributed by atoms with Crippen LogP contribution in [0.4, 0.5) is 0 Å². The molecule has 6 heteroatoms. The van der Waals surface area contributed by atoms with Crippen molar-refractivity contribution < 1.29 is 28.6 Å². The molecule has 0 fully saturated rings. The Morgan fingerprint density at radius 3 is 1.05 bits per heavy atom. The minimum absolute atomic E-state index is 0.0961. The lowest BCUT2D eigenvalue weighted by molar-refractivity contribution is -0.167. The number of allylic oxidation sites excluding steroid dienone is 14. The Morgan fingerprint density at radius 1 is 0.328 bits per heavy atom. The molecule has 0 aromatic rings. The largest absolute Gasteiger partial charge is 0.462 e. The molecule has 64 heavy (non-hydrogen) atoms. The van der Waals surface area contributed by atoms with Crippen LogP contribution in [0.25, 0.3) is 0 Å². The van der Waals surface area contributed by atoms with Crippen molar-refractivity contribution in [2.75, 3.05) is 13.2 Å². The Bertz CT molecular complexity index is 1250. The van der Waals surface area contributed by atoms with Gasteiger partial charge in [0.1, 0.15) is 13.2 Å². The second-order valence-electron chi connectivity index (χ2n) is 17.4. The van der Waals surface area contributed by atoms with E-state index in [1.165, 1.54) is 109 Å². The number of hydrogen-bond donors (Lipinski definition) is 0. The van der Waals surface area contributed by atoms with Crippen molar-refractivity contribution in [3.63, 3.8) is 0 Å². The molecule has 6 nitrogen and oxygen atoms in total. The SMILES string of the molecule is CC/C=C\C/C=C\C/C=C\C/C=C\C/C=C\CCCC(=O)OCC(COC(=O)CCCCCCCCCCCCCC)OC(=O)CCCCCCCCC/C=C\C/C=C\CCCCC. The Hall–Kier alpha value is -3.41. The third-order valence-electron chi connectivity index (χ3n) is 11.1. The Labute approximate surface area is 395 Å². The van der Waals surface area contributed by atoms with Crippen LogP contribution in [0.5, 0.6) is 0 Å². The molecule has 0 aliphatic carbocycles. The van der Waals surface area contributed by atoms with Crippen molar-refractivity contribution >= 4 is 17.9 Å². The quantitative estimate of drug-likeness (QED) is 0.0262. The second-order valence-corrected chi connectivity index (χ2v) is 17.4. The van der Waals surface area contributed by atoms with Gasteiger partial charge in [0.25, 0.3) is 0 Å². The molecule has 1 unspecified atom stereocenters. The summed E-state index contributed by atoms with van der Waals surface area (Å²) in [6.45, 7) is 6.44. The highest BCUT2D eigenvalue weighted by atomic mass is 16.6. The minimum atomic E-state index is -0.802. The summed E-state index contributed by atoms with van der Waals surface area (Å²) in [5.41, 5.74) is 0. The highest BCUT2D eigenvalue weighted by Gasteiger charge is 2.19. The first-order valence-electron chi connectivity index (χ1n) is 26.6. The molecule has 0 spiro atoms. The lowest BCUT2D eigenvalue weighted by atomic mass is 10.0. The molecule has 0 rings (SSSR count). The summed E-state index contributed by atoms with van der Waals surface area (Å²) >= 11 is 0. The molecule has 0 amide bonds. The second kappa shape index (κ2) is 52.2. The first-order valence-corrected chi connectivity index (χ1v) is 26.6. The van der Waals surface area contributed by atoms with E-state index in [1.54, 1.807) is 0 Å². The van der Waals surface area contributed by atoms with Gasteiger partial charge in [-0.25, -0.2) is 0 Å². The zero-order valence-corrected chi connectivity index (χ0v) is 41.8. The fourth-order valence-corrected chi connectivity index (χ4v) is 7.15. The van der Waals surface area contributed by atoms with Crippen LogP contribution in [0, 0.1) is 0 Å². The monoisotopic (exact) mass is 891 g/mol. The fraction of sp³-hybridized carbons (Fsp3) is 0.707. The van der Waals surface area contributed by atoms with Crippen molar-refractivity contribution in [3.8, 4) is 0 Å². The van der Waals surface area contributed by atoms with Gasteiger partial charge in [0.2, 0.25) is 0 Å². The highest BCUT2D eigenvalue weighted by Crippen LogP contribution is 2.14. The third-order valence-corrected chi connectivity index (χ3v) is 11.1. The molecule has 0 aromatic heterocycles. The molecule has 366 valence electrons. The van der Waals surface area contributed by atoms with Gasteiger partial charge in [0.15, 0.2) is 6.10 Å². The van der Waals surface area contributed by atoms with E-state index in [2.05, 4.69) is 106 Å². The predicted octanol–water partition coefficient (Wildman–Crippen LogP) is 17.6. The smallest absolute Gasteiger partial charge is 0.306 e. The maximum absolute atomic E-state index is 12.8. The van der Waals surface area contributed by atoms with Crippen molar-refractivity contribution in [2.45, 2.75) is 252 Å². The molecule has 0 heterocycles. The molecular weight excluding hydrogens is 793 g/mol. The van der Waals surface area contributed by atoms with Gasteiger partial charge in [-0.05, 0) is 89.9 Å². The molecule has 0 saturated carbocycles. The van der Waals surface area contributed by atoms with Crippen molar-refractivity contribution in [1.29, 1.82) is 0 Å². The van der Waals surface area contributed by atoms with Gasteiger partial charge in [0.05, 0.1) is 0 Å². The van der Waals surface area contributed by atoms with Gasteiger partial charge in [-0.3, -0.25) is 14.4 Å². The van der Waals surface area contributed by atoms with E-state index in [9.17, 15) is 14.4 Å². The standard InChI is InChI=1S/C58H98O6/c1-4-7-10-13-16-19-22-25-27-29-31-33-36-39-42-45-48-51-57(60)63-54-55(53-62-56(59)50-47-44-41-38-35-24-21-18-15-12-9-6-3)64-58(61)52-49-46-43-40-37-34-32-30-28-26-23-20-17-14-11-8-5-2/h7,10,16-17,19-20,25-28,31,33,39,42,55H,4-6,8-9,11-15,18,21-24,29-30,32,34-38,40-41,43-54H2,1-3H3/b10-7-,19-16-,20-17-,27-25-,28-26-,33-31-,42-39-. The van der Waals surface area contributed by atoms with E-state index in [4.69, 9.17) is 14.2 Å². The number of hydrogen-bond acceptors (Lipinski definition) is 6. The van der Waals surface area contributed by atoms with E-state index in [0.717, 1.165) is 89.9 Å². The van der Waals surface area contributed by atoms with Crippen molar-refractivity contribution in [2.24, 2.45) is 0 Å². The summed E-state index contributed by atoms with van der Waals surface area (Å²) in [5.74, 6) is -0.963. The number of carbonyl (C=O) groups excluding carboxylic acids is 3. The number of unbranched alkanes of at least 4 members (excludes halogenated alkanes) is 22. The number of rotatable bonds is 47. The molecule has 0 aliphatic heterocycles. The topological polar surface area (TPSA) is 78.9 Å². The predicted molar refractivity (Wildman–Crippen MR) is 274 cm³/mol. The van der Waals surface area contributed by atoms with Gasteiger partial charge in [-0.15, -0.1) is 0 Å². The van der Waals surface area contributed by atoms with Crippen LogP contribution in [0.2, 0.25) is 0 Å². The van der Waals surface area contributed by atoms with Crippen molar-refractivity contribution in [3.05, 3.63) is 85.1 Å². The van der Waals surface area contributed by atoms with E-state index in [-0.39, 0.29) is 37.5 Å². The normalized spacial score (nSPS) is 12.7. The minimum Gasteiger partial charge on any atom is -0.462 e. The summed E-state index contributed by atoms with van der Waals surface area (Å²) in [4.78, 5) is 38.0. The molecule has 1 atom stereocenters. The zero-order valence-electron chi connectivity index (χ0n) is 41.8. The molecule has 0 aromatic carbocycles.